The third kappa shape index (κ3) is 3.63. The fourth-order valence-electron chi connectivity index (χ4n) is 2.43. The van der Waals surface area contributed by atoms with Crippen LogP contribution in [0.25, 0.3) is 0 Å². The van der Waals surface area contributed by atoms with Gasteiger partial charge in [-0.15, -0.1) is 0 Å². The molecule has 2 aliphatic rings. The summed E-state index contributed by atoms with van der Waals surface area (Å²) in [5.41, 5.74) is 6.26. The van der Waals surface area contributed by atoms with Crippen molar-refractivity contribution in [3.8, 4) is 0 Å². The van der Waals surface area contributed by atoms with Crippen molar-refractivity contribution >= 4 is 47.6 Å². The molecule has 4 nitrogen and oxygen atoms in total. The van der Waals surface area contributed by atoms with E-state index in [2.05, 4.69) is 31.9 Å². The second-order valence-electron chi connectivity index (χ2n) is 6.01. The summed E-state index contributed by atoms with van der Waals surface area (Å²) in [4.78, 5) is 0.201. The molecule has 0 spiro atoms. The zero-order chi connectivity index (χ0) is 15.2. The summed E-state index contributed by atoms with van der Waals surface area (Å²) in [5, 5.41) is 0. The Labute approximate surface area is 142 Å². The predicted molar refractivity (Wildman–Crippen MR) is 90.5 cm³/mol. The standard InChI is InChI=1S/C14H18Br2N2O2S/c15-11-5-12(16)14(13(17)6-11)21(19,20)18(7-9-1-2-9)8-10-3-4-10/h5-6,9-10H,1-4,7-8,17H2. The van der Waals surface area contributed by atoms with E-state index in [0.29, 0.717) is 29.4 Å². The number of nitrogen functional groups attached to an aromatic ring is 1. The van der Waals surface area contributed by atoms with Crippen LogP contribution in [0.2, 0.25) is 0 Å². The van der Waals surface area contributed by atoms with Crippen LogP contribution in [0.15, 0.2) is 26.0 Å². The van der Waals surface area contributed by atoms with Crippen LogP contribution < -0.4 is 5.73 Å². The molecule has 7 heteroatoms. The molecule has 0 bridgehead atoms. The molecule has 0 aromatic heterocycles. The van der Waals surface area contributed by atoms with Gasteiger partial charge in [0.25, 0.3) is 0 Å². The third-order valence-corrected chi connectivity index (χ3v) is 7.25. The Kier molecular flexibility index (Phi) is 4.38. The maximum Gasteiger partial charge on any atom is 0.246 e. The van der Waals surface area contributed by atoms with E-state index in [-0.39, 0.29) is 10.6 Å². The minimum Gasteiger partial charge on any atom is -0.398 e. The summed E-state index contributed by atoms with van der Waals surface area (Å²) in [6.07, 6.45) is 4.53. The predicted octanol–water partition coefficient (Wildman–Crippen LogP) is 3.60. The van der Waals surface area contributed by atoms with Gasteiger partial charge in [0.15, 0.2) is 0 Å². The molecule has 2 fully saturated rings. The molecule has 21 heavy (non-hydrogen) atoms. The number of hydrogen-bond donors (Lipinski definition) is 1. The van der Waals surface area contributed by atoms with Gasteiger partial charge >= 0.3 is 0 Å². The van der Waals surface area contributed by atoms with E-state index >= 15 is 0 Å². The Hall–Kier alpha value is -0.110. The summed E-state index contributed by atoms with van der Waals surface area (Å²) >= 11 is 6.68. The molecule has 0 radical (unpaired) electrons. The summed E-state index contributed by atoms with van der Waals surface area (Å²) in [5.74, 6) is 1.04. The van der Waals surface area contributed by atoms with Crippen molar-refractivity contribution in [2.24, 2.45) is 11.8 Å². The number of sulfonamides is 1. The second kappa shape index (κ2) is 5.83. The number of nitrogens with zero attached hydrogens (tertiary/aromatic N) is 1. The molecule has 0 atom stereocenters. The fourth-order valence-corrected chi connectivity index (χ4v) is 6.04. The highest BCUT2D eigenvalue weighted by molar-refractivity contribution is 9.11. The van der Waals surface area contributed by atoms with Gasteiger partial charge < -0.3 is 5.73 Å². The van der Waals surface area contributed by atoms with Gasteiger partial charge in [0.1, 0.15) is 4.90 Å². The van der Waals surface area contributed by atoms with Gasteiger partial charge in [0, 0.05) is 22.0 Å². The van der Waals surface area contributed by atoms with E-state index in [4.69, 9.17) is 5.73 Å². The molecule has 0 aliphatic heterocycles. The highest BCUT2D eigenvalue weighted by Gasteiger charge is 2.37. The van der Waals surface area contributed by atoms with Gasteiger partial charge in [-0.25, -0.2) is 8.42 Å². The first-order chi connectivity index (χ1) is 9.88. The first-order valence-corrected chi connectivity index (χ1v) is 10.1. The Bertz CT molecular complexity index is 618. The average molecular weight is 438 g/mol. The number of hydrogen-bond acceptors (Lipinski definition) is 3. The van der Waals surface area contributed by atoms with Crippen LogP contribution in [0, 0.1) is 11.8 Å². The van der Waals surface area contributed by atoms with Crippen molar-refractivity contribution in [1.29, 1.82) is 0 Å². The SMILES string of the molecule is Nc1cc(Br)cc(Br)c1S(=O)(=O)N(CC1CC1)CC1CC1. The van der Waals surface area contributed by atoms with Crippen LogP contribution in [0.3, 0.4) is 0 Å². The Balaban J connectivity index is 1.95. The van der Waals surface area contributed by atoms with Crippen LogP contribution in [0.1, 0.15) is 25.7 Å². The van der Waals surface area contributed by atoms with E-state index < -0.39 is 10.0 Å². The quantitative estimate of drug-likeness (QED) is 0.691. The summed E-state index contributed by atoms with van der Waals surface area (Å²) in [7, 11) is -3.55. The van der Waals surface area contributed by atoms with Gasteiger partial charge in [-0.05, 0) is 65.6 Å². The van der Waals surface area contributed by atoms with Gasteiger partial charge in [-0.1, -0.05) is 15.9 Å². The van der Waals surface area contributed by atoms with E-state index in [1.807, 2.05) is 0 Å². The number of anilines is 1. The van der Waals surface area contributed by atoms with Crippen molar-refractivity contribution < 1.29 is 8.42 Å². The molecule has 2 aliphatic carbocycles. The van der Waals surface area contributed by atoms with Gasteiger partial charge in [-0.2, -0.15) is 4.31 Å². The largest absolute Gasteiger partial charge is 0.398 e. The topological polar surface area (TPSA) is 63.4 Å². The molecule has 3 rings (SSSR count). The van der Waals surface area contributed by atoms with E-state index in [1.165, 1.54) is 0 Å². The van der Waals surface area contributed by atoms with Crippen molar-refractivity contribution in [2.45, 2.75) is 30.6 Å². The molecule has 1 aromatic carbocycles. The highest BCUT2D eigenvalue weighted by Crippen LogP contribution is 2.39. The van der Waals surface area contributed by atoms with E-state index in [1.54, 1.807) is 16.4 Å². The zero-order valence-electron chi connectivity index (χ0n) is 11.6. The van der Waals surface area contributed by atoms with Crippen molar-refractivity contribution in [2.75, 3.05) is 18.8 Å². The molecule has 0 unspecified atom stereocenters. The van der Waals surface area contributed by atoms with E-state index in [9.17, 15) is 8.42 Å². The first kappa shape index (κ1) is 15.8. The van der Waals surface area contributed by atoms with Crippen LogP contribution in [-0.4, -0.2) is 25.8 Å². The Morgan fingerprint density at radius 2 is 1.62 bits per heavy atom. The molecule has 1 aromatic rings. The molecule has 116 valence electrons. The molecule has 2 saturated carbocycles. The number of rotatable bonds is 6. The molecular weight excluding hydrogens is 420 g/mol. The van der Waals surface area contributed by atoms with Crippen LogP contribution >= 0.6 is 31.9 Å². The van der Waals surface area contributed by atoms with Crippen molar-refractivity contribution in [1.82, 2.24) is 4.31 Å². The average Bonchev–Trinajstić information content (AvgIpc) is 3.20. The highest BCUT2D eigenvalue weighted by atomic mass is 79.9. The number of benzene rings is 1. The summed E-state index contributed by atoms with van der Waals surface area (Å²) in [6.45, 7) is 1.25. The first-order valence-electron chi connectivity index (χ1n) is 7.12. The fraction of sp³-hybridized carbons (Fsp3) is 0.571. The number of nitrogens with two attached hydrogens (primary N) is 1. The van der Waals surface area contributed by atoms with Crippen LogP contribution in [0.5, 0.6) is 0 Å². The lowest BCUT2D eigenvalue weighted by molar-refractivity contribution is 0.382. The zero-order valence-corrected chi connectivity index (χ0v) is 15.5. The summed E-state index contributed by atoms with van der Waals surface area (Å²) < 4.78 is 29.0. The second-order valence-corrected chi connectivity index (χ2v) is 9.66. The maximum absolute atomic E-state index is 13.0. The lowest BCUT2D eigenvalue weighted by atomic mass is 10.3. The maximum atomic E-state index is 13.0. The van der Waals surface area contributed by atoms with Crippen LogP contribution in [0.4, 0.5) is 5.69 Å². The Morgan fingerprint density at radius 1 is 1.10 bits per heavy atom. The van der Waals surface area contributed by atoms with E-state index in [0.717, 1.165) is 30.2 Å². The Morgan fingerprint density at radius 3 is 2.05 bits per heavy atom. The molecule has 0 amide bonds. The molecule has 2 N–H and O–H groups in total. The normalized spacial score (nSPS) is 19.2. The molecule has 0 heterocycles. The van der Waals surface area contributed by atoms with Gasteiger partial charge in [-0.3, -0.25) is 0 Å². The molecule has 0 saturated heterocycles. The minimum absolute atomic E-state index is 0.201. The third-order valence-electron chi connectivity index (χ3n) is 3.95. The monoisotopic (exact) mass is 436 g/mol. The number of halogens is 2. The van der Waals surface area contributed by atoms with Crippen molar-refractivity contribution in [3.63, 3.8) is 0 Å². The van der Waals surface area contributed by atoms with Crippen LogP contribution in [-0.2, 0) is 10.0 Å². The lowest BCUT2D eigenvalue weighted by Crippen LogP contribution is -2.35. The molecular formula is C14H18Br2N2O2S. The minimum atomic E-state index is -3.55. The summed E-state index contributed by atoms with van der Waals surface area (Å²) in [6, 6.07) is 3.37. The smallest absolute Gasteiger partial charge is 0.246 e. The van der Waals surface area contributed by atoms with Gasteiger partial charge in [0.05, 0.1) is 5.69 Å². The van der Waals surface area contributed by atoms with Crippen molar-refractivity contribution in [3.05, 3.63) is 21.1 Å². The lowest BCUT2D eigenvalue weighted by Gasteiger charge is -2.23. The van der Waals surface area contributed by atoms with Gasteiger partial charge in [0.2, 0.25) is 10.0 Å².